The van der Waals surface area contributed by atoms with Gasteiger partial charge in [0.05, 0.1) is 0 Å². The zero-order valence-corrected chi connectivity index (χ0v) is 12.1. The van der Waals surface area contributed by atoms with Crippen LogP contribution in [-0.4, -0.2) is 37.0 Å². The highest BCUT2D eigenvalue weighted by atomic mass is 16.1. The van der Waals surface area contributed by atoms with Crippen LogP contribution >= 0.6 is 0 Å². The number of nitrogen functional groups attached to an aromatic ring is 2. The predicted octanol–water partition coefficient (Wildman–Crippen LogP) is 1.46. The fourth-order valence-electron chi connectivity index (χ4n) is 2.78. The highest BCUT2D eigenvalue weighted by Gasteiger charge is 2.19. The molecule has 1 saturated carbocycles. The molecule has 1 aliphatic rings. The first-order valence-corrected chi connectivity index (χ1v) is 7.21. The fourth-order valence-corrected chi connectivity index (χ4v) is 2.78. The Morgan fingerprint density at radius 3 is 2.45 bits per heavy atom. The molecule has 0 atom stereocenters. The van der Waals surface area contributed by atoms with Crippen LogP contribution in [0.4, 0.5) is 11.4 Å². The van der Waals surface area contributed by atoms with Gasteiger partial charge in [-0.25, -0.2) is 0 Å². The van der Waals surface area contributed by atoms with Crippen LogP contribution in [0.5, 0.6) is 0 Å². The third-order valence-electron chi connectivity index (χ3n) is 3.94. The van der Waals surface area contributed by atoms with Crippen LogP contribution in [0.3, 0.4) is 0 Å². The molecule has 0 aromatic heterocycles. The summed E-state index contributed by atoms with van der Waals surface area (Å²) in [6.45, 7) is 1.51. The lowest BCUT2D eigenvalue weighted by Gasteiger charge is -2.23. The smallest absolute Gasteiger partial charge is 0.251 e. The fraction of sp³-hybridized carbons (Fsp3) is 0.533. The summed E-state index contributed by atoms with van der Waals surface area (Å²) in [5.41, 5.74) is 12.9. The van der Waals surface area contributed by atoms with E-state index >= 15 is 0 Å². The van der Waals surface area contributed by atoms with Crippen molar-refractivity contribution in [3.05, 3.63) is 23.8 Å². The highest BCUT2D eigenvalue weighted by molar-refractivity contribution is 5.96. The topological polar surface area (TPSA) is 84.4 Å². The number of hydrogen-bond acceptors (Lipinski definition) is 4. The van der Waals surface area contributed by atoms with Gasteiger partial charge in [-0.05, 0) is 38.1 Å². The normalized spacial score (nSPS) is 15.7. The molecule has 5 N–H and O–H groups in total. The maximum absolute atomic E-state index is 12.0. The van der Waals surface area contributed by atoms with E-state index in [2.05, 4.69) is 17.3 Å². The van der Waals surface area contributed by atoms with Crippen LogP contribution in [0.1, 0.15) is 36.0 Å². The van der Waals surface area contributed by atoms with Crippen molar-refractivity contribution < 1.29 is 4.79 Å². The molecular weight excluding hydrogens is 252 g/mol. The van der Waals surface area contributed by atoms with Crippen molar-refractivity contribution >= 4 is 17.3 Å². The summed E-state index contributed by atoms with van der Waals surface area (Å²) in [5, 5.41) is 2.92. The van der Waals surface area contributed by atoms with Gasteiger partial charge >= 0.3 is 0 Å². The van der Waals surface area contributed by atoms with Gasteiger partial charge in [-0.15, -0.1) is 0 Å². The summed E-state index contributed by atoms with van der Waals surface area (Å²) >= 11 is 0. The minimum atomic E-state index is -0.121. The van der Waals surface area contributed by atoms with Crippen LogP contribution in [0.15, 0.2) is 18.2 Å². The number of carbonyl (C=O) groups is 1. The molecular formula is C15H24N4O. The number of nitrogens with one attached hydrogen (secondary N) is 1. The molecule has 110 valence electrons. The van der Waals surface area contributed by atoms with E-state index in [9.17, 15) is 4.79 Å². The van der Waals surface area contributed by atoms with Crippen LogP contribution in [0.2, 0.25) is 0 Å². The molecule has 1 amide bonds. The summed E-state index contributed by atoms with van der Waals surface area (Å²) in [4.78, 5) is 14.3. The van der Waals surface area contributed by atoms with Gasteiger partial charge < -0.3 is 21.7 Å². The molecule has 1 aliphatic carbocycles. The third-order valence-corrected chi connectivity index (χ3v) is 3.94. The number of benzene rings is 1. The number of hydrogen-bond donors (Lipinski definition) is 3. The quantitative estimate of drug-likeness (QED) is 0.711. The minimum absolute atomic E-state index is 0.121. The summed E-state index contributed by atoms with van der Waals surface area (Å²) in [5.74, 6) is -0.121. The van der Waals surface area contributed by atoms with Crippen molar-refractivity contribution in [2.24, 2.45) is 0 Å². The molecule has 1 aromatic rings. The van der Waals surface area contributed by atoms with E-state index in [1.54, 1.807) is 18.2 Å². The Balaban J connectivity index is 1.79. The Kier molecular flexibility index (Phi) is 4.84. The second kappa shape index (κ2) is 6.61. The number of nitrogens with two attached hydrogens (primary N) is 2. The van der Waals surface area contributed by atoms with E-state index in [1.165, 1.54) is 25.7 Å². The van der Waals surface area contributed by atoms with Gasteiger partial charge in [0.25, 0.3) is 5.91 Å². The summed E-state index contributed by atoms with van der Waals surface area (Å²) in [6.07, 6.45) is 5.19. The zero-order valence-electron chi connectivity index (χ0n) is 12.1. The molecule has 0 saturated heterocycles. The van der Waals surface area contributed by atoms with Crippen molar-refractivity contribution in [3.8, 4) is 0 Å². The lowest BCUT2D eigenvalue weighted by atomic mass is 10.1. The summed E-state index contributed by atoms with van der Waals surface area (Å²) < 4.78 is 0. The lowest BCUT2D eigenvalue weighted by molar-refractivity contribution is 0.0947. The van der Waals surface area contributed by atoms with Crippen LogP contribution in [0.25, 0.3) is 0 Å². The molecule has 5 nitrogen and oxygen atoms in total. The molecule has 2 rings (SSSR count). The number of likely N-dealkylation sites (N-methyl/N-ethyl adjacent to an activating group) is 1. The first-order valence-electron chi connectivity index (χ1n) is 7.21. The maximum Gasteiger partial charge on any atom is 0.251 e. The largest absolute Gasteiger partial charge is 0.399 e. The lowest BCUT2D eigenvalue weighted by Crippen LogP contribution is -2.37. The van der Waals surface area contributed by atoms with Gasteiger partial charge in [0.2, 0.25) is 0 Å². The number of rotatable bonds is 5. The summed E-state index contributed by atoms with van der Waals surface area (Å²) in [6, 6.07) is 5.61. The van der Waals surface area contributed by atoms with Gasteiger partial charge in [-0.1, -0.05) is 12.8 Å². The molecule has 0 unspecified atom stereocenters. The predicted molar refractivity (Wildman–Crippen MR) is 82.5 cm³/mol. The van der Waals surface area contributed by atoms with E-state index in [0.717, 1.165) is 6.54 Å². The number of carbonyl (C=O) groups excluding carboxylic acids is 1. The molecule has 0 bridgehead atoms. The number of anilines is 2. The van der Waals surface area contributed by atoms with Crippen molar-refractivity contribution in [1.29, 1.82) is 0 Å². The number of amides is 1. The van der Waals surface area contributed by atoms with Gasteiger partial charge in [0.15, 0.2) is 0 Å². The second-order valence-corrected chi connectivity index (χ2v) is 5.56. The van der Waals surface area contributed by atoms with E-state index < -0.39 is 0 Å². The zero-order chi connectivity index (χ0) is 14.5. The first kappa shape index (κ1) is 14.7. The Hall–Kier alpha value is -1.75. The van der Waals surface area contributed by atoms with Crippen molar-refractivity contribution in [2.45, 2.75) is 31.7 Å². The SMILES string of the molecule is CN(CCNC(=O)c1cc(N)cc(N)c1)C1CCCC1. The van der Waals surface area contributed by atoms with E-state index in [1.807, 2.05) is 0 Å². The van der Waals surface area contributed by atoms with Crippen LogP contribution in [0, 0.1) is 0 Å². The van der Waals surface area contributed by atoms with Crippen molar-refractivity contribution in [3.63, 3.8) is 0 Å². The standard InChI is InChI=1S/C15H24N4O/c1-19(14-4-2-3-5-14)7-6-18-15(20)11-8-12(16)10-13(17)9-11/h8-10,14H,2-7,16-17H2,1H3,(H,18,20). The number of nitrogens with zero attached hydrogens (tertiary/aromatic N) is 1. The highest BCUT2D eigenvalue weighted by Crippen LogP contribution is 2.21. The molecule has 1 fully saturated rings. The minimum Gasteiger partial charge on any atom is -0.399 e. The van der Waals surface area contributed by atoms with Gasteiger partial charge in [-0.2, -0.15) is 0 Å². The van der Waals surface area contributed by atoms with Gasteiger partial charge in [0, 0.05) is 36.1 Å². The summed E-state index contributed by atoms with van der Waals surface area (Å²) in [7, 11) is 2.13. The molecule has 0 aliphatic heterocycles. The monoisotopic (exact) mass is 276 g/mol. The first-order chi connectivity index (χ1) is 9.56. The van der Waals surface area contributed by atoms with Crippen LogP contribution in [-0.2, 0) is 0 Å². The third kappa shape index (κ3) is 3.87. The second-order valence-electron chi connectivity index (χ2n) is 5.56. The Labute approximate surface area is 120 Å². The molecule has 20 heavy (non-hydrogen) atoms. The maximum atomic E-state index is 12.0. The van der Waals surface area contributed by atoms with E-state index in [4.69, 9.17) is 11.5 Å². The van der Waals surface area contributed by atoms with Gasteiger partial charge in [0.1, 0.15) is 0 Å². The van der Waals surface area contributed by atoms with E-state index in [-0.39, 0.29) is 5.91 Å². The molecule has 0 radical (unpaired) electrons. The Bertz CT molecular complexity index is 449. The molecule has 0 spiro atoms. The average Bonchev–Trinajstić information content (AvgIpc) is 2.91. The molecule has 0 heterocycles. The van der Waals surface area contributed by atoms with Crippen molar-refractivity contribution in [1.82, 2.24) is 10.2 Å². The van der Waals surface area contributed by atoms with Crippen LogP contribution < -0.4 is 16.8 Å². The molecule has 5 heteroatoms. The van der Waals surface area contributed by atoms with E-state index in [0.29, 0.717) is 29.5 Å². The Morgan fingerprint density at radius 2 is 1.85 bits per heavy atom. The Morgan fingerprint density at radius 1 is 1.25 bits per heavy atom. The molecule has 1 aromatic carbocycles. The van der Waals surface area contributed by atoms with Crippen molar-refractivity contribution in [2.75, 3.05) is 31.6 Å². The van der Waals surface area contributed by atoms with Gasteiger partial charge in [-0.3, -0.25) is 4.79 Å². The average molecular weight is 276 g/mol.